The number of nitrogens with two attached hydrogens (primary N) is 1. The van der Waals surface area contributed by atoms with Gasteiger partial charge in [-0.2, -0.15) is 0 Å². The van der Waals surface area contributed by atoms with Gasteiger partial charge in [0.25, 0.3) is 0 Å². The molecular weight excluding hydrogens is 194 g/mol. The van der Waals surface area contributed by atoms with Gasteiger partial charge in [0, 0.05) is 38.6 Å². The molecule has 1 amide bonds. The Balaban J connectivity index is 2.16. The van der Waals surface area contributed by atoms with Gasteiger partial charge in [0.15, 0.2) is 0 Å². The quantitative estimate of drug-likeness (QED) is 0.628. The molecule has 0 aromatic carbocycles. The fourth-order valence-corrected chi connectivity index (χ4v) is 1.69. The molecule has 0 aliphatic carbocycles. The Bertz CT molecular complexity index is 193. The maximum Gasteiger partial charge on any atom is 0.221 e. The number of carbonyl (C=O) groups excluding carboxylic acids is 1. The van der Waals surface area contributed by atoms with Crippen LogP contribution in [0.3, 0.4) is 0 Å². The zero-order chi connectivity index (χ0) is 11.1. The lowest BCUT2D eigenvalue weighted by Gasteiger charge is -2.29. The molecule has 0 aromatic rings. The van der Waals surface area contributed by atoms with Gasteiger partial charge in [-0.25, -0.2) is 0 Å². The molecule has 1 aliphatic heterocycles. The molecule has 1 fully saturated rings. The number of nitrogens with zero attached hydrogens (tertiary/aromatic N) is 1. The number of ether oxygens (including phenoxy) is 1. The molecule has 5 heteroatoms. The van der Waals surface area contributed by atoms with E-state index in [0.717, 1.165) is 32.8 Å². The van der Waals surface area contributed by atoms with Crippen molar-refractivity contribution in [2.45, 2.75) is 19.4 Å². The van der Waals surface area contributed by atoms with Crippen LogP contribution in [0, 0.1) is 0 Å². The summed E-state index contributed by atoms with van der Waals surface area (Å²) in [6.07, 6.45) is 0.410. The molecular formula is C10H21N3O2. The standard InChI is InChI=1S/C10H21N3O2/c1-9(12-10(14)2-3-11)8-13-4-6-15-7-5-13/h9H,2-8,11H2,1H3,(H,12,14). The SMILES string of the molecule is CC(CN1CCOCC1)NC(=O)CCN. The third kappa shape index (κ3) is 5.11. The van der Waals surface area contributed by atoms with Crippen LogP contribution >= 0.6 is 0 Å². The molecule has 1 unspecified atom stereocenters. The summed E-state index contributed by atoms with van der Waals surface area (Å²) in [6.45, 7) is 6.82. The number of morpholine rings is 1. The van der Waals surface area contributed by atoms with E-state index in [1.165, 1.54) is 0 Å². The second-order valence-corrected chi connectivity index (χ2v) is 3.92. The van der Waals surface area contributed by atoms with Gasteiger partial charge in [0.05, 0.1) is 13.2 Å². The Morgan fingerprint density at radius 1 is 1.53 bits per heavy atom. The van der Waals surface area contributed by atoms with Gasteiger partial charge < -0.3 is 15.8 Å². The summed E-state index contributed by atoms with van der Waals surface area (Å²) in [4.78, 5) is 13.6. The molecule has 1 aliphatic rings. The van der Waals surface area contributed by atoms with Gasteiger partial charge in [0.2, 0.25) is 5.91 Å². The van der Waals surface area contributed by atoms with Crippen molar-refractivity contribution < 1.29 is 9.53 Å². The summed E-state index contributed by atoms with van der Waals surface area (Å²) < 4.78 is 5.26. The largest absolute Gasteiger partial charge is 0.379 e. The van der Waals surface area contributed by atoms with Crippen molar-refractivity contribution in [2.24, 2.45) is 5.73 Å². The van der Waals surface area contributed by atoms with Gasteiger partial charge in [-0.05, 0) is 6.92 Å². The Labute approximate surface area is 90.9 Å². The highest BCUT2D eigenvalue weighted by Gasteiger charge is 2.14. The van der Waals surface area contributed by atoms with E-state index < -0.39 is 0 Å². The van der Waals surface area contributed by atoms with Crippen molar-refractivity contribution in [3.8, 4) is 0 Å². The van der Waals surface area contributed by atoms with Crippen LogP contribution < -0.4 is 11.1 Å². The fraction of sp³-hybridized carbons (Fsp3) is 0.900. The summed E-state index contributed by atoms with van der Waals surface area (Å²) in [5, 5.41) is 2.93. The first-order chi connectivity index (χ1) is 7.22. The van der Waals surface area contributed by atoms with Crippen molar-refractivity contribution in [2.75, 3.05) is 39.4 Å². The van der Waals surface area contributed by atoms with Crippen molar-refractivity contribution in [3.63, 3.8) is 0 Å². The number of amides is 1. The molecule has 3 N–H and O–H groups in total. The maximum absolute atomic E-state index is 11.3. The molecule has 0 bridgehead atoms. The Hall–Kier alpha value is -0.650. The van der Waals surface area contributed by atoms with E-state index in [4.69, 9.17) is 10.5 Å². The van der Waals surface area contributed by atoms with E-state index in [-0.39, 0.29) is 11.9 Å². The summed E-state index contributed by atoms with van der Waals surface area (Å²) in [5.41, 5.74) is 5.30. The van der Waals surface area contributed by atoms with Gasteiger partial charge in [-0.15, -0.1) is 0 Å². The molecule has 0 radical (unpaired) electrons. The van der Waals surface area contributed by atoms with Crippen LogP contribution in [-0.4, -0.2) is 56.2 Å². The zero-order valence-electron chi connectivity index (χ0n) is 9.37. The Morgan fingerprint density at radius 2 is 2.20 bits per heavy atom. The fourth-order valence-electron chi connectivity index (χ4n) is 1.69. The third-order valence-electron chi connectivity index (χ3n) is 2.41. The van der Waals surface area contributed by atoms with E-state index in [1.54, 1.807) is 0 Å². The highest BCUT2D eigenvalue weighted by Crippen LogP contribution is 1.98. The summed E-state index contributed by atoms with van der Waals surface area (Å²) in [5.74, 6) is 0.0401. The minimum Gasteiger partial charge on any atom is -0.379 e. The number of carbonyl (C=O) groups is 1. The van der Waals surface area contributed by atoms with Crippen LogP contribution in [-0.2, 0) is 9.53 Å². The number of rotatable bonds is 5. The monoisotopic (exact) mass is 215 g/mol. The van der Waals surface area contributed by atoms with E-state index >= 15 is 0 Å². The van der Waals surface area contributed by atoms with Crippen LogP contribution in [0.25, 0.3) is 0 Å². The molecule has 1 heterocycles. The second kappa shape index (κ2) is 6.76. The number of nitrogens with one attached hydrogen (secondary N) is 1. The van der Waals surface area contributed by atoms with Gasteiger partial charge in [-0.1, -0.05) is 0 Å². The minimum atomic E-state index is 0.0401. The number of hydrogen-bond donors (Lipinski definition) is 2. The molecule has 1 saturated heterocycles. The van der Waals surface area contributed by atoms with Gasteiger partial charge in [0.1, 0.15) is 0 Å². The first-order valence-electron chi connectivity index (χ1n) is 5.52. The molecule has 1 atom stereocenters. The molecule has 15 heavy (non-hydrogen) atoms. The van der Waals surface area contributed by atoms with E-state index in [0.29, 0.717) is 13.0 Å². The molecule has 5 nitrogen and oxygen atoms in total. The lowest BCUT2D eigenvalue weighted by atomic mass is 10.2. The molecule has 0 spiro atoms. The highest BCUT2D eigenvalue weighted by atomic mass is 16.5. The van der Waals surface area contributed by atoms with Gasteiger partial charge in [-0.3, -0.25) is 9.69 Å². The minimum absolute atomic E-state index is 0.0401. The highest BCUT2D eigenvalue weighted by molar-refractivity contribution is 5.76. The predicted octanol–water partition coefficient (Wildman–Crippen LogP) is -0.828. The summed E-state index contributed by atoms with van der Waals surface area (Å²) >= 11 is 0. The van der Waals surface area contributed by atoms with Crippen LogP contribution in [0.15, 0.2) is 0 Å². The van der Waals surface area contributed by atoms with Crippen molar-refractivity contribution in [1.82, 2.24) is 10.2 Å². The molecule has 88 valence electrons. The van der Waals surface area contributed by atoms with Crippen molar-refractivity contribution >= 4 is 5.91 Å². The zero-order valence-corrected chi connectivity index (χ0v) is 9.37. The van der Waals surface area contributed by atoms with Crippen LogP contribution in [0.2, 0.25) is 0 Å². The van der Waals surface area contributed by atoms with Crippen molar-refractivity contribution in [1.29, 1.82) is 0 Å². The molecule has 0 aromatic heterocycles. The van der Waals surface area contributed by atoms with Crippen LogP contribution in [0.1, 0.15) is 13.3 Å². The van der Waals surface area contributed by atoms with Crippen LogP contribution in [0.5, 0.6) is 0 Å². The maximum atomic E-state index is 11.3. The second-order valence-electron chi connectivity index (χ2n) is 3.92. The van der Waals surface area contributed by atoms with Crippen LogP contribution in [0.4, 0.5) is 0 Å². The lowest BCUT2D eigenvalue weighted by Crippen LogP contribution is -2.46. The van der Waals surface area contributed by atoms with E-state index in [2.05, 4.69) is 10.2 Å². The lowest BCUT2D eigenvalue weighted by molar-refractivity contribution is -0.121. The number of hydrogen-bond acceptors (Lipinski definition) is 4. The molecule has 1 rings (SSSR count). The normalized spacial score (nSPS) is 19.9. The Morgan fingerprint density at radius 3 is 2.80 bits per heavy atom. The molecule has 0 saturated carbocycles. The summed E-state index contributed by atoms with van der Waals surface area (Å²) in [6, 6.07) is 0.183. The first kappa shape index (κ1) is 12.4. The summed E-state index contributed by atoms with van der Waals surface area (Å²) in [7, 11) is 0. The van der Waals surface area contributed by atoms with E-state index in [9.17, 15) is 4.79 Å². The topological polar surface area (TPSA) is 67.6 Å². The van der Waals surface area contributed by atoms with E-state index in [1.807, 2.05) is 6.92 Å². The van der Waals surface area contributed by atoms with Gasteiger partial charge >= 0.3 is 0 Å². The smallest absolute Gasteiger partial charge is 0.221 e. The first-order valence-corrected chi connectivity index (χ1v) is 5.52. The average Bonchev–Trinajstić information content (AvgIpc) is 2.19. The Kier molecular flexibility index (Phi) is 5.60. The predicted molar refractivity (Wildman–Crippen MR) is 58.5 cm³/mol. The third-order valence-corrected chi connectivity index (χ3v) is 2.41. The van der Waals surface area contributed by atoms with Crippen molar-refractivity contribution in [3.05, 3.63) is 0 Å². The average molecular weight is 215 g/mol.